The van der Waals surface area contributed by atoms with Crippen LogP contribution in [0.3, 0.4) is 0 Å². The smallest absolute Gasteiger partial charge is 0.226 e. The fourth-order valence-corrected chi connectivity index (χ4v) is 2.88. The van der Waals surface area contributed by atoms with Crippen LogP contribution in [0.25, 0.3) is 22.2 Å². The first kappa shape index (κ1) is 15.8. The van der Waals surface area contributed by atoms with Crippen LogP contribution in [0.2, 0.25) is 0 Å². The molecule has 0 saturated carbocycles. The largest absolute Gasteiger partial charge is 0.477 e. The molecule has 0 saturated heterocycles. The average molecular weight is 341 g/mol. The topological polar surface area (TPSA) is 87.5 Å². The molecule has 0 aliphatic carbocycles. The number of hydrogen-bond donors (Lipinski definition) is 1. The SMILES string of the molecule is N#Cc1ncccc1-c1c[nH]c2ncnc(OCCc3ccccc3)c12. The Bertz CT molecular complexity index is 1080. The lowest BCUT2D eigenvalue weighted by Gasteiger charge is -2.08. The van der Waals surface area contributed by atoms with Crippen LogP contribution in [0.4, 0.5) is 0 Å². The molecule has 4 rings (SSSR count). The van der Waals surface area contributed by atoms with Crippen molar-refractivity contribution in [2.45, 2.75) is 6.42 Å². The van der Waals surface area contributed by atoms with Crippen molar-refractivity contribution in [1.82, 2.24) is 19.9 Å². The van der Waals surface area contributed by atoms with Gasteiger partial charge in [0.2, 0.25) is 5.88 Å². The molecule has 1 N–H and O–H groups in total. The van der Waals surface area contributed by atoms with Gasteiger partial charge in [-0.1, -0.05) is 30.3 Å². The van der Waals surface area contributed by atoms with Gasteiger partial charge in [-0.25, -0.2) is 15.0 Å². The van der Waals surface area contributed by atoms with Gasteiger partial charge in [-0.15, -0.1) is 0 Å². The molecule has 0 bridgehead atoms. The van der Waals surface area contributed by atoms with Crippen molar-refractivity contribution in [3.05, 3.63) is 72.4 Å². The van der Waals surface area contributed by atoms with Crippen molar-refractivity contribution >= 4 is 11.0 Å². The first-order valence-corrected chi connectivity index (χ1v) is 8.21. The van der Waals surface area contributed by atoms with Crippen LogP contribution in [0, 0.1) is 11.3 Å². The molecule has 0 unspecified atom stereocenters. The maximum atomic E-state index is 9.34. The predicted molar refractivity (Wildman–Crippen MR) is 97.5 cm³/mol. The predicted octanol–water partition coefficient (Wildman–Crippen LogP) is 3.51. The normalized spacial score (nSPS) is 10.6. The third-order valence-corrected chi connectivity index (χ3v) is 4.11. The molecule has 126 valence electrons. The lowest BCUT2D eigenvalue weighted by molar-refractivity contribution is 0.313. The Kier molecular flexibility index (Phi) is 4.27. The van der Waals surface area contributed by atoms with E-state index < -0.39 is 0 Å². The summed E-state index contributed by atoms with van der Waals surface area (Å²) in [6.07, 6.45) is 5.66. The van der Waals surface area contributed by atoms with Gasteiger partial charge in [0, 0.05) is 29.9 Å². The lowest BCUT2D eigenvalue weighted by atomic mass is 10.1. The van der Waals surface area contributed by atoms with Gasteiger partial charge in [-0.05, 0) is 17.7 Å². The van der Waals surface area contributed by atoms with Crippen molar-refractivity contribution < 1.29 is 4.74 Å². The van der Waals surface area contributed by atoms with Crippen molar-refractivity contribution in [2.75, 3.05) is 6.61 Å². The van der Waals surface area contributed by atoms with Crippen LogP contribution >= 0.6 is 0 Å². The summed E-state index contributed by atoms with van der Waals surface area (Å²) in [5.41, 5.74) is 3.75. The molecule has 0 atom stereocenters. The van der Waals surface area contributed by atoms with Gasteiger partial charge >= 0.3 is 0 Å². The van der Waals surface area contributed by atoms with Crippen molar-refractivity contribution in [3.63, 3.8) is 0 Å². The molecule has 0 amide bonds. The van der Waals surface area contributed by atoms with Gasteiger partial charge < -0.3 is 9.72 Å². The molecule has 0 aliphatic rings. The Morgan fingerprint density at radius 3 is 2.73 bits per heavy atom. The average Bonchev–Trinajstić information content (AvgIpc) is 3.13. The number of nitrogens with zero attached hydrogens (tertiary/aromatic N) is 4. The van der Waals surface area contributed by atoms with E-state index in [1.165, 1.54) is 11.9 Å². The number of pyridine rings is 1. The van der Waals surface area contributed by atoms with Gasteiger partial charge in [-0.3, -0.25) is 0 Å². The minimum Gasteiger partial charge on any atom is -0.477 e. The molecule has 1 aromatic carbocycles. The van der Waals surface area contributed by atoms with E-state index in [4.69, 9.17) is 4.74 Å². The first-order chi connectivity index (χ1) is 12.9. The highest BCUT2D eigenvalue weighted by Gasteiger charge is 2.16. The number of ether oxygens (including phenoxy) is 1. The quantitative estimate of drug-likeness (QED) is 0.600. The van der Waals surface area contributed by atoms with Gasteiger partial charge in [0.25, 0.3) is 0 Å². The van der Waals surface area contributed by atoms with Gasteiger partial charge in [0.15, 0.2) is 0 Å². The van der Waals surface area contributed by atoms with Gasteiger partial charge in [0.05, 0.1) is 12.0 Å². The number of rotatable bonds is 5. The molecule has 6 nitrogen and oxygen atoms in total. The number of H-pyrrole nitrogens is 1. The van der Waals surface area contributed by atoms with Crippen LogP contribution in [-0.4, -0.2) is 26.5 Å². The molecular weight excluding hydrogens is 326 g/mol. The maximum absolute atomic E-state index is 9.34. The monoisotopic (exact) mass is 341 g/mol. The van der Waals surface area contributed by atoms with Crippen molar-refractivity contribution in [3.8, 4) is 23.1 Å². The van der Waals surface area contributed by atoms with E-state index in [1.54, 1.807) is 18.5 Å². The molecule has 0 spiro atoms. The highest BCUT2D eigenvalue weighted by atomic mass is 16.5. The fraction of sp³-hybridized carbons (Fsp3) is 0.100. The first-order valence-electron chi connectivity index (χ1n) is 8.21. The number of aromatic amines is 1. The molecule has 3 heterocycles. The van der Waals surface area contributed by atoms with Crippen LogP contribution in [0.1, 0.15) is 11.3 Å². The van der Waals surface area contributed by atoms with Crippen LogP contribution < -0.4 is 4.74 Å². The van der Waals surface area contributed by atoms with E-state index in [1.807, 2.05) is 24.3 Å². The standard InChI is InChI=1S/C20H15N5O/c21-11-17-15(7-4-9-22-17)16-12-23-19-18(16)20(25-13-24-19)26-10-8-14-5-2-1-3-6-14/h1-7,9,12-13H,8,10H2,(H,23,24,25). The van der Waals surface area contributed by atoms with E-state index >= 15 is 0 Å². The zero-order valence-corrected chi connectivity index (χ0v) is 13.9. The third-order valence-electron chi connectivity index (χ3n) is 4.11. The third kappa shape index (κ3) is 2.98. The number of hydrogen-bond acceptors (Lipinski definition) is 5. The summed E-state index contributed by atoms with van der Waals surface area (Å²) in [6.45, 7) is 0.499. The van der Waals surface area contributed by atoms with Crippen LogP contribution in [0.5, 0.6) is 5.88 Å². The van der Waals surface area contributed by atoms with E-state index in [2.05, 4.69) is 38.1 Å². The molecular formula is C20H15N5O. The minimum atomic E-state index is 0.354. The van der Waals surface area contributed by atoms with Crippen molar-refractivity contribution in [1.29, 1.82) is 5.26 Å². The molecule has 26 heavy (non-hydrogen) atoms. The number of fused-ring (bicyclic) bond motifs is 1. The summed E-state index contributed by atoms with van der Waals surface area (Å²) in [5.74, 6) is 0.495. The van der Waals surface area contributed by atoms with Gasteiger partial charge in [-0.2, -0.15) is 5.26 Å². The number of nitrogens with one attached hydrogen (secondary N) is 1. The second-order valence-electron chi connectivity index (χ2n) is 5.70. The number of benzene rings is 1. The van der Waals surface area contributed by atoms with E-state index in [0.29, 0.717) is 23.8 Å². The second-order valence-corrected chi connectivity index (χ2v) is 5.70. The van der Waals surface area contributed by atoms with E-state index in [0.717, 1.165) is 22.9 Å². The Hall–Kier alpha value is -3.72. The summed E-state index contributed by atoms with van der Waals surface area (Å²) in [6, 6.07) is 15.9. The summed E-state index contributed by atoms with van der Waals surface area (Å²) in [7, 11) is 0. The molecule has 0 fully saturated rings. The summed E-state index contributed by atoms with van der Waals surface area (Å²) < 4.78 is 5.94. The van der Waals surface area contributed by atoms with Gasteiger partial charge in [0.1, 0.15) is 23.7 Å². The van der Waals surface area contributed by atoms with E-state index in [9.17, 15) is 5.26 Å². The molecule has 0 radical (unpaired) electrons. The Labute approximate surface area is 150 Å². The zero-order chi connectivity index (χ0) is 17.8. The Balaban J connectivity index is 1.68. The minimum absolute atomic E-state index is 0.354. The lowest BCUT2D eigenvalue weighted by Crippen LogP contribution is -2.03. The summed E-state index contributed by atoms with van der Waals surface area (Å²) in [4.78, 5) is 15.8. The summed E-state index contributed by atoms with van der Waals surface area (Å²) in [5, 5.41) is 10.1. The fourth-order valence-electron chi connectivity index (χ4n) is 2.88. The van der Waals surface area contributed by atoms with Crippen LogP contribution in [-0.2, 0) is 6.42 Å². The highest BCUT2D eigenvalue weighted by Crippen LogP contribution is 2.34. The Morgan fingerprint density at radius 1 is 1.00 bits per heavy atom. The number of aromatic nitrogens is 4. The van der Waals surface area contributed by atoms with E-state index in [-0.39, 0.29) is 0 Å². The second kappa shape index (κ2) is 7.03. The Morgan fingerprint density at radius 2 is 1.88 bits per heavy atom. The van der Waals surface area contributed by atoms with Crippen LogP contribution in [0.15, 0.2) is 61.2 Å². The summed E-state index contributed by atoms with van der Waals surface area (Å²) >= 11 is 0. The van der Waals surface area contributed by atoms with Crippen molar-refractivity contribution in [2.24, 2.45) is 0 Å². The zero-order valence-electron chi connectivity index (χ0n) is 13.9. The molecule has 6 heteroatoms. The molecule has 4 aromatic rings. The maximum Gasteiger partial charge on any atom is 0.226 e. The highest BCUT2D eigenvalue weighted by molar-refractivity contribution is 5.97. The molecule has 3 aromatic heterocycles. The molecule has 0 aliphatic heterocycles. The number of nitriles is 1.